The summed E-state index contributed by atoms with van der Waals surface area (Å²) in [6.07, 6.45) is 1.62. The zero-order chi connectivity index (χ0) is 15.2. The van der Waals surface area contributed by atoms with Gasteiger partial charge in [-0.1, -0.05) is 0 Å². The maximum absolute atomic E-state index is 12.2. The average molecular weight is 288 g/mol. The molecule has 1 aromatic rings. The van der Waals surface area contributed by atoms with Gasteiger partial charge in [0.2, 0.25) is 5.91 Å². The lowest BCUT2D eigenvalue weighted by Crippen LogP contribution is -2.54. The number of hydrogen-bond acceptors (Lipinski definition) is 5. The van der Waals surface area contributed by atoms with Gasteiger partial charge in [0.1, 0.15) is 17.8 Å². The lowest BCUT2D eigenvalue weighted by atomic mass is 10.1. The predicted molar refractivity (Wildman–Crippen MR) is 77.2 cm³/mol. The smallest absolute Gasteiger partial charge is 0.239 e. The summed E-state index contributed by atoms with van der Waals surface area (Å²) < 4.78 is 5.43. The Balaban J connectivity index is 2.08. The summed E-state index contributed by atoms with van der Waals surface area (Å²) in [6.45, 7) is 6.19. The van der Waals surface area contributed by atoms with Crippen molar-refractivity contribution in [3.63, 3.8) is 0 Å². The molecule has 0 radical (unpaired) electrons. The molecule has 112 valence electrons. The van der Waals surface area contributed by atoms with Gasteiger partial charge in [-0.15, -0.1) is 0 Å². The van der Waals surface area contributed by atoms with Crippen LogP contribution in [0.1, 0.15) is 25.1 Å². The second kappa shape index (κ2) is 7.16. The van der Waals surface area contributed by atoms with Crippen molar-refractivity contribution in [3.05, 3.63) is 29.6 Å². The molecule has 6 nitrogen and oxygen atoms in total. The minimum Gasteiger partial charge on any atom is -0.378 e. The lowest BCUT2D eigenvalue weighted by molar-refractivity contribution is -0.133. The van der Waals surface area contributed by atoms with Gasteiger partial charge in [0, 0.05) is 25.3 Å². The van der Waals surface area contributed by atoms with Crippen molar-refractivity contribution in [1.29, 1.82) is 5.26 Å². The molecule has 0 aliphatic carbocycles. The largest absolute Gasteiger partial charge is 0.378 e. The molecule has 1 unspecified atom stereocenters. The van der Waals surface area contributed by atoms with E-state index in [2.05, 4.69) is 15.2 Å². The highest BCUT2D eigenvalue weighted by atomic mass is 16.5. The molecular weight excluding hydrogens is 268 g/mol. The minimum atomic E-state index is -0.292. The van der Waals surface area contributed by atoms with Gasteiger partial charge in [0.15, 0.2) is 0 Å². The molecule has 1 aliphatic rings. The number of carbonyl (C=O) groups excluding carboxylic acids is 1. The van der Waals surface area contributed by atoms with E-state index in [4.69, 9.17) is 10.00 Å². The van der Waals surface area contributed by atoms with E-state index in [1.54, 1.807) is 12.3 Å². The van der Waals surface area contributed by atoms with Crippen LogP contribution in [-0.4, -0.2) is 47.6 Å². The van der Waals surface area contributed by atoms with E-state index >= 15 is 0 Å². The maximum atomic E-state index is 12.2. The van der Waals surface area contributed by atoms with Crippen molar-refractivity contribution >= 4 is 5.91 Å². The Morgan fingerprint density at radius 3 is 3.19 bits per heavy atom. The number of hydrogen-bond donors (Lipinski definition) is 1. The monoisotopic (exact) mass is 288 g/mol. The van der Waals surface area contributed by atoms with Crippen molar-refractivity contribution in [3.8, 4) is 6.07 Å². The van der Waals surface area contributed by atoms with E-state index < -0.39 is 0 Å². The molecule has 1 aliphatic heterocycles. The SMILES string of the molecule is CC(C)NC(=O)C1COCCN1Cc1ccnc(C#N)c1. The highest BCUT2D eigenvalue weighted by Gasteiger charge is 2.29. The Hall–Kier alpha value is -1.97. The maximum Gasteiger partial charge on any atom is 0.239 e. The van der Waals surface area contributed by atoms with Crippen LogP contribution in [0.25, 0.3) is 0 Å². The van der Waals surface area contributed by atoms with Crippen LogP contribution in [0, 0.1) is 11.3 Å². The van der Waals surface area contributed by atoms with Crippen LogP contribution in [-0.2, 0) is 16.1 Å². The topological polar surface area (TPSA) is 78.2 Å². The Labute approximate surface area is 124 Å². The molecule has 1 saturated heterocycles. The number of nitriles is 1. The minimum absolute atomic E-state index is 0.0146. The molecule has 1 aromatic heterocycles. The van der Waals surface area contributed by atoms with E-state index in [0.29, 0.717) is 32.0 Å². The molecule has 0 saturated carbocycles. The normalized spacial score (nSPS) is 19.2. The molecule has 1 fully saturated rings. The first-order valence-electron chi connectivity index (χ1n) is 7.07. The van der Waals surface area contributed by atoms with Crippen molar-refractivity contribution in [1.82, 2.24) is 15.2 Å². The van der Waals surface area contributed by atoms with Crippen LogP contribution in [0.5, 0.6) is 0 Å². The number of morpholine rings is 1. The first-order valence-corrected chi connectivity index (χ1v) is 7.07. The molecule has 1 amide bonds. The number of nitrogens with zero attached hydrogens (tertiary/aromatic N) is 3. The first-order chi connectivity index (χ1) is 10.1. The fourth-order valence-corrected chi connectivity index (χ4v) is 2.32. The van der Waals surface area contributed by atoms with Gasteiger partial charge < -0.3 is 10.1 Å². The summed E-state index contributed by atoms with van der Waals surface area (Å²) in [6, 6.07) is 5.47. The molecule has 1 atom stereocenters. The third-order valence-corrected chi connectivity index (χ3v) is 3.30. The van der Waals surface area contributed by atoms with Crippen molar-refractivity contribution in [2.45, 2.75) is 32.5 Å². The van der Waals surface area contributed by atoms with Crippen LogP contribution in [0.15, 0.2) is 18.3 Å². The van der Waals surface area contributed by atoms with E-state index in [0.717, 1.165) is 5.56 Å². The molecule has 6 heteroatoms. The first kappa shape index (κ1) is 15.4. The van der Waals surface area contributed by atoms with E-state index in [-0.39, 0.29) is 18.0 Å². The molecule has 2 rings (SSSR count). The second-order valence-electron chi connectivity index (χ2n) is 5.39. The van der Waals surface area contributed by atoms with Crippen molar-refractivity contribution in [2.75, 3.05) is 19.8 Å². The van der Waals surface area contributed by atoms with E-state index in [1.165, 1.54) is 0 Å². The average Bonchev–Trinajstić information content (AvgIpc) is 2.47. The third kappa shape index (κ3) is 4.25. The molecule has 2 heterocycles. The van der Waals surface area contributed by atoms with Crippen molar-refractivity contribution in [2.24, 2.45) is 0 Å². The van der Waals surface area contributed by atoms with Gasteiger partial charge >= 0.3 is 0 Å². The lowest BCUT2D eigenvalue weighted by Gasteiger charge is -2.34. The standard InChI is InChI=1S/C15H20N4O2/c1-11(2)18-15(20)14-10-21-6-5-19(14)9-12-3-4-17-13(7-12)8-16/h3-4,7,11,14H,5-6,9-10H2,1-2H3,(H,18,20). The molecule has 21 heavy (non-hydrogen) atoms. The van der Waals surface area contributed by atoms with Crippen LogP contribution in [0.4, 0.5) is 0 Å². The van der Waals surface area contributed by atoms with Gasteiger partial charge in [-0.3, -0.25) is 9.69 Å². The summed E-state index contributed by atoms with van der Waals surface area (Å²) in [5.41, 5.74) is 1.37. The number of nitrogens with one attached hydrogen (secondary N) is 1. The zero-order valence-electron chi connectivity index (χ0n) is 12.4. The summed E-state index contributed by atoms with van der Waals surface area (Å²) in [7, 11) is 0. The van der Waals surface area contributed by atoms with Crippen molar-refractivity contribution < 1.29 is 9.53 Å². The van der Waals surface area contributed by atoms with E-state index in [1.807, 2.05) is 26.0 Å². The Morgan fingerprint density at radius 1 is 1.67 bits per heavy atom. The van der Waals surface area contributed by atoms with Crippen LogP contribution in [0.2, 0.25) is 0 Å². The quantitative estimate of drug-likeness (QED) is 0.881. The molecule has 0 aromatic carbocycles. The summed E-state index contributed by atoms with van der Waals surface area (Å²) in [4.78, 5) is 18.3. The summed E-state index contributed by atoms with van der Waals surface area (Å²) in [5.74, 6) is -0.0146. The number of ether oxygens (including phenoxy) is 1. The van der Waals surface area contributed by atoms with Crippen LogP contribution in [0.3, 0.4) is 0 Å². The Morgan fingerprint density at radius 2 is 2.48 bits per heavy atom. The fraction of sp³-hybridized carbons (Fsp3) is 0.533. The highest BCUT2D eigenvalue weighted by molar-refractivity contribution is 5.82. The number of aromatic nitrogens is 1. The van der Waals surface area contributed by atoms with Crippen LogP contribution < -0.4 is 5.32 Å². The van der Waals surface area contributed by atoms with Gasteiger partial charge in [-0.05, 0) is 31.5 Å². The van der Waals surface area contributed by atoms with Gasteiger partial charge in [0.25, 0.3) is 0 Å². The third-order valence-electron chi connectivity index (χ3n) is 3.30. The number of carbonyl (C=O) groups is 1. The second-order valence-corrected chi connectivity index (χ2v) is 5.39. The molecule has 0 bridgehead atoms. The fourth-order valence-electron chi connectivity index (χ4n) is 2.32. The van der Waals surface area contributed by atoms with Gasteiger partial charge in [-0.2, -0.15) is 5.26 Å². The zero-order valence-corrected chi connectivity index (χ0v) is 12.4. The molecular formula is C15H20N4O2. The Kier molecular flexibility index (Phi) is 5.26. The highest BCUT2D eigenvalue weighted by Crippen LogP contribution is 2.13. The summed E-state index contributed by atoms with van der Waals surface area (Å²) in [5, 5.41) is 11.8. The van der Waals surface area contributed by atoms with E-state index in [9.17, 15) is 4.79 Å². The predicted octanol–water partition coefficient (Wildman–Crippen LogP) is 0.679. The Bertz CT molecular complexity index is 539. The molecule has 1 N–H and O–H groups in total. The number of amides is 1. The number of pyridine rings is 1. The van der Waals surface area contributed by atoms with Gasteiger partial charge in [-0.25, -0.2) is 4.98 Å². The summed E-state index contributed by atoms with van der Waals surface area (Å²) >= 11 is 0. The van der Waals surface area contributed by atoms with Crippen LogP contribution >= 0.6 is 0 Å². The number of rotatable bonds is 4. The molecule has 0 spiro atoms. The van der Waals surface area contributed by atoms with Gasteiger partial charge in [0.05, 0.1) is 13.2 Å².